The lowest BCUT2D eigenvalue weighted by Gasteiger charge is -2.35. The van der Waals surface area contributed by atoms with Crippen LogP contribution in [0.3, 0.4) is 0 Å². The molecule has 0 spiro atoms. The van der Waals surface area contributed by atoms with E-state index in [-0.39, 0.29) is 11.6 Å². The molecule has 34 heavy (non-hydrogen) atoms. The first-order chi connectivity index (χ1) is 16.6. The molecule has 9 heteroatoms. The molecule has 2 atom stereocenters. The van der Waals surface area contributed by atoms with Gasteiger partial charge in [-0.15, -0.1) is 0 Å². The van der Waals surface area contributed by atoms with Gasteiger partial charge in [-0.25, -0.2) is 0 Å². The largest absolute Gasteiger partial charge is 0.353 e. The minimum absolute atomic E-state index is 0.00290. The lowest BCUT2D eigenvalue weighted by Crippen LogP contribution is -2.47. The van der Waals surface area contributed by atoms with Crippen LogP contribution in [0.1, 0.15) is 12.0 Å². The van der Waals surface area contributed by atoms with Crippen molar-refractivity contribution in [2.45, 2.75) is 6.42 Å². The average molecular weight is 478 g/mol. The summed E-state index contributed by atoms with van der Waals surface area (Å²) in [6, 6.07) is 14.8. The van der Waals surface area contributed by atoms with Crippen molar-refractivity contribution in [2.75, 3.05) is 44.2 Å². The number of aromatic nitrogens is 1. The van der Waals surface area contributed by atoms with Crippen LogP contribution in [0, 0.1) is 22.0 Å². The molecule has 0 bridgehead atoms. The van der Waals surface area contributed by atoms with Gasteiger partial charge in [-0.3, -0.25) is 19.8 Å². The van der Waals surface area contributed by atoms with Crippen molar-refractivity contribution < 1.29 is 9.72 Å². The maximum atomic E-state index is 12.2. The smallest absolute Gasteiger partial charge is 0.276 e. The molecule has 5 rings (SSSR count). The number of carbonyl (C=O) groups is 1. The number of fused-ring (bicyclic) bond motifs is 1. The standard InChI is InChI=1S/C25H27N5O3S/c31-24(10-9-18-5-1-3-7-22(18)30(32)33)26-16-19-15-20(19)17-28-11-13-29(14-12-28)25-21-6-2-4-8-23(21)34-27-25/h1-10,19-20H,11-17H2,(H,26,31)/b10-9+/t19-,20-/m1/s1. The van der Waals surface area contributed by atoms with E-state index in [1.807, 2.05) is 0 Å². The molecule has 176 valence electrons. The van der Waals surface area contributed by atoms with E-state index in [0.29, 0.717) is 23.9 Å². The second kappa shape index (κ2) is 9.90. The number of hydrogen-bond acceptors (Lipinski definition) is 7. The van der Waals surface area contributed by atoms with Crippen molar-refractivity contribution in [1.29, 1.82) is 0 Å². The van der Waals surface area contributed by atoms with Crippen LogP contribution in [-0.4, -0.2) is 59.4 Å². The number of piperazine rings is 1. The maximum absolute atomic E-state index is 12.2. The molecule has 3 aromatic rings. The van der Waals surface area contributed by atoms with Crippen LogP contribution in [0.2, 0.25) is 0 Å². The van der Waals surface area contributed by atoms with Crippen LogP contribution in [0.15, 0.2) is 54.6 Å². The molecular weight excluding hydrogens is 450 g/mol. The lowest BCUT2D eigenvalue weighted by molar-refractivity contribution is -0.385. The van der Waals surface area contributed by atoms with Gasteiger partial charge in [-0.2, -0.15) is 4.37 Å². The fourth-order valence-electron chi connectivity index (χ4n) is 4.61. The lowest BCUT2D eigenvalue weighted by atomic mass is 10.1. The first-order valence-electron chi connectivity index (χ1n) is 11.6. The number of amides is 1. The molecule has 1 amide bonds. The summed E-state index contributed by atoms with van der Waals surface area (Å²) < 4.78 is 5.92. The number of nitrogens with zero attached hydrogens (tertiary/aromatic N) is 4. The highest BCUT2D eigenvalue weighted by Crippen LogP contribution is 2.39. The monoisotopic (exact) mass is 477 g/mol. The Balaban J connectivity index is 1.04. The van der Waals surface area contributed by atoms with Gasteiger partial charge in [-0.1, -0.05) is 24.3 Å². The summed E-state index contributed by atoms with van der Waals surface area (Å²) in [5.41, 5.74) is 0.425. The summed E-state index contributed by atoms with van der Waals surface area (Å²) in [6.45, 7) is 5.74. The van der Waals surface area contributed by atoms with Gasteiger partial charge in [0.2, 0.25) is 5.91 Å². The Morgan fingerprint density at radius 2 is 1.88 bits per heavy atom. The van der Waals surface area contributed by atoms with E-state index < -0.39 is 4.92 Å². The molecule has 8 nitrogen and oxygen atoms in total. The molecule has 2 fully saturated rings. The normalized spacial score (nSPS) is 20.6. The van der Waals surface area contributed by atoms with Crippen molar-refractivity contribution in [3.05, 3.63) is 70.3 Å². The van der Waals surface area contributed by atoms with Gasteiger partial charge in [0, 0.05) is 56.8 Å². The summed E-state index contributed by atoms with van der Waals surface area (Å²) in [5, 5.41) is 15.3. The van der Waals surface area contributed by atoms with Crippen molar-refractivity contribution in [2.24, 2.45) is 11.8 Å². The fraction of sp³-hybridized carbons (Fsp3) is 0.360. The highest BCUT2D eigenvalue weighted by molar-refractivity contribution is 7.13. The first kappa shape index (κ1) is 22.5. The van der Waals surface area contributed by atoms with Crippen molar-refractivity contribution >= 4 is 45.1 Å². The topological polar surface area (TPSA) is 91.6 Å². The zero-order valence-corrected chi connectivity index (χ0v) is 19.6. The van der Waals surface area contributed by atoms with Crippen LogP contribution in [0.25, 0.3) is 16.2 Å². The van der Waals surface area contributed by atoms with Crippen LogP contribution < -0.4 is 10.2 Å². The van der Waals surface area contributed by atoms with Gasteiger partial charge in [0.15, 0.2) is 0 Å². The van der Waals surface area contributed by atoms with E-state index in [9.17, 15) is 14.9 Å². The highest BCUT2D eigenvalue weighted by atomic mass is 32.1. The third kappa shape index (κ3) is 5.10. The number of rotatable bonds is 8. The van der Waals surface area contributed by atoms with Crippen LogP contribution in [0.5, 0.6) is 0 Å². The molecule has 2 aromatic carbocycles. The summed E-state index contributed by atoms with van der Waals surface area (Å²) in [5.74, 6) is 2.02. The summed E-state index contributed by atoms with van der Waals surface area (Å²) >= 11 is 1.57. The third-order valence-corrected chi connectivity index (χ3v) is 7.50. The van der Waals surface area contributed by atoms with E-state index in [0.717, 1.165) is 45.0 Å². The van der Waals surface area contributed by atoms with Gasteiger partial charge in [0.25, 0.3) is 5.69 Å². The Morgan fingerprint density at radius 1 is 1.12 bits per heavy atom. The Kier molecular flexibility index (Phi) is 6.55. The van der Waals surface area contributed by atoms with Crippen LogP contribution in [-0.2, 0) is 4.79 Å². The van der Waals surface area contributed by atoms with E-state index in [4.69, 9.17) is 0 Å². The Labute approximate surface area is 202 Å². The third-order valence-electron chi connectivity index (χ3n) is 6.68. The number of nitro benzene ring substituents is 1. The van der Waals surface area contributed by atoms with Gasteiger partial charge in [0.05, 0.1) is 15.2 Å². The predicted octanol–water partition coefficient (Wildman–Crippen LogP) is 3.79. The zero-order valence-electron chi connectivity index (χ0n) is 18.8. The number of anilines is 1. The number of nitro groups is 1. The molecule has 0 radical (unpaired) electrons. The van der Waals surface area contributed by atoms with E-state index in [2.05, 4.69) is 43.8 Å². The average Bonchev–Trinajstić information content (AvgIpc) is 3.45. The highest BCUT2D eigenvalue weighted by Gasteiger charge is 2.38. The summed E-state index contributed by atoms with van der Waals surface area (Å²) in [7, 11) is 0. The number of nitrogens with one attached hydrogen (secondary N) is 1. The fourth-order valence-corrected chi connectivity index (χ4v) is 5.40. The Morgan fingerprint density at radius 3 is 2.71 bits per heavy atom. The molecule has 1 saturated heterocycles. The Hall–Kier alpha value is -3.30. The van der Waals surface area contributed by atoms with Crippen molar-refractivity contribution in [1.82, 2.24) is 14.6 Å². The number of benzene rings is 2. The second-order valence-corrected chi connectivity index (χ2v) is 9.75. The van der Waals surface area contributed by atoms with E-state index in [1.165, 1.54) is 28.3 Å². The molecular formula is C25H27N5O3S. The summed E-state index contributed by atoms with van der Waals surface area (Å²) in [6.07, 6.45) is 4.01. The van der Waals surface area contributed by atoms with Gasteiger partial charge in [-0.05, 0) is 54.1 Å². The van der Waals surface area contributed by atoms with Crippen LogP contribution >= 0.6 is 11.5 Å². The first-order valence-corrected chi connectivity index (χ1v) is 12.4. The molecule has 1 aliphatic carbocycles. The second-order valence-electron chi connectivity index (χ2n) is 8.94. The molecule has 2 aliphatic rings. The van der Waals surface area contributed by atoms with Crippen molar-refractivity contribution in [3.63, 3.8) is 0 Å². The summed E-state index contributed by atoms with van der Waals surface area (Å²) in [4.78, 5) is 27.7. The zero-order chi connectivity index (χ0) is 23.5. The molecule has 1 saturated carbocycles. The Bertz CT molecular complexity index is 1220. The van der Waals surface area contributed by atoms with E-state index in [1.54, 1.807) is 29.7 Å². The molecule has 1 aromatic heterocycles. The molecule has 2 heterocycles. The molecule has 1 N–H and O–H groups in total. The van der Waals surface area contributed by atoms with Crippen molar-refractivity contribution in [3.8, 4) is 0 Å². The number of hydrogen-bond donors (Lipinski definition) is 1. The van der Waals surface area contributed by atoms with Crippen LogP contribution in [0.4, 0.5) is 11.5 Å². The quantitative estimate of drug-likeness (QED) is 0.302. The van der Waals surface area contributed by atoms with Gasteiger partial charge in [0.1, 0.15) is 5.82 Å². The predicted molar refractivity (Wildman–Crippen MR) is 135 cm³/mol. The van der Waals surface area contributed by atoms with Gasteiger partial charge < -0.3 is 10.2 Å². The van der Waals surface area contributed by atoms with E-state index >= 15 is 0 Å². The SMILES string of the molecule is O=C(/C=C/c1ccccc1[N+](=O)[O-])NC[C@H]1C[C@@H]1CN1CCN(c2nsc3ccccc23)CC1. The minimum atomic E-state index is -0.439. The molecule has 1 aliphatic heterocycles. The van der Waals surface area contributed by atoms with Gasteiger partial charge >= 0.3 is 0 Å². The minimum Gasteiger partial charge on any atom is -0.353 e. The number of para-hydroxylation sites is 1. The number of carbonyl (C=O) groups excluding carboxylic acids is 1. The molecule has 0 unspecified atom stereocenters. The maximum Gasteiger partial charge on any atom is 0.276 e.